The minimum Gasteiger partial charge on any atom is -0.389 e. The van der Waals surface area contributed by atoms with Gasteiger partial charge in [0.2, 0.25) is 0 Å². The van der Waals surface area contributed by atoms with Crippen LogP contribution in [0.3, 0.4) is 0 Å². The Bertz CT molecular complexity index is 481. The Morgan fingerprint density at radius 1 is 1.53 bits per heavy atom. The predicted octanol–water partition coefficient (Wildman–Crippen LogP) is 2.84. The number of nitrogens with zero attached hydrogens (tertiary/aromatic N) is 1. The lowest BCUT2D eigenvalue weighted by atomic mass is 9.95. The molecule has 0 aliphatic carbocycles. The van der Waals surface area contributed by atoms with Gasteiger partial charge in [0.05, 0.1) is 6.10 Å². The van der Waals surface area contributed by atoms with Gasteiger partial charge in [0.1, 0.15) is 4.99 Å². The van der Waals surface area contributed by atoms with Gasteiger partial charge in [-0.15, -0.1) is 0 Å². The molecule has 0 radical (unpaired) electrons. The fourth-order valence-electron chi connectivity index (χ4n) is 2.53. The molecule has 1 aliphatic heterocycles. The van der Waals surface area contributed by atoms with Gasteiger partial charge in [0.15, 0.2) is 0 Å². The Kier molecular flexibility index (Phi) is 4.66. The van der Waals surface area contributed by atoms with E-state index in [1.807, 2.05) is 18.2 Å². The molecule has 2 rings (SSSR count). The molecule has 19 heavy (non-hydrogen) atoms. The smallest absolute Gasteiger partial charge is 0.106 e. The van der Waals surface area contributed by atoms with E-state index in [4.69, 9.17) is 34.3 Å². The molecule has 2 atom stereocenters. The molecule has 2 unspecified atom stereocenters. The van der Waals surface area contributed by atoms with Crippen LogP contribution in [0, 0.1) is 5.92 Å². The van der Waals surface area contributed by atoms with Crippen molar-refractivity contribution in [2.24, 2.45) is 11.7 Å². The number of halogens is 1. The van der Waals surface area contributed by atoms with Crippen LogP contribution in [0.25, 0.3) is 0 Å². The molecule has 0 aromatic heterocycles. The molecular formula is C14H19ClN2OS. The lowest BCUT2D eigenvalue weighted by Crippen LogP contribution is -2.44. The Morgan fingerprint density at radius 3 is 2.89 bits per heavy atom. The highest BCUT2D eigenvalue weighted by Gasteiger charge is 2.27. The SMILES string of the molecule is COC1CN(c2cc(Cl)ccc2C(N)=S)CCC1C. The van der Waals surface area contributed by atoms with Gasteiger partial charge in [0.25, 0.3) is 0 Å². The van der Waals surface area contributed by atoms with Crippen LogP contribution >= 0.6 is 23.8 Å². The maximum atomic E-state index is 6.10. The van der Waals surface area contributed by atoms with E-state index >= 15 is 0 Å². The monoisotopic (exact) mass is 298 g/mol. The lowest BCUT2D eigenvalue weighted by molar-refractivity contribution is 0.0498. The number of benzene rings is 1. The molecule has 2 N–H and O–H groups in total. The average molecular weight is 299 g/mol. The molecule has 104 valence electrons. The quantitative estimate of drug-likeness (QED) is 0.871. The first kappa shape index (κ1) is 14.6. The predicted molar refractivity (Wildman–Crippen MR) is 84.1 cm³/mol. The first-order valence-corrected chi connectivity index (χ1v) is 7.18. The summed E-state index contributed by atoms with van der Waals surface area (Å²) >= 11 is 11.2. The number of anilines is 1. The van der Waals surface area contributed by atoms with Crippen molar-refractivity contribution in [3.8, 4) is 0 Å². The van der Waals surface area contributed by atoms with Crippen LogP contribution in [0.5, 0.6) is 0 Å². The summed E-state index contributed by atoms with van der Waals surface area (Å²) < 4.78 is 5.55. The largest absolute Gasteiger partial charge is 0.389 e. The maximum Gasteiger partial charge on any atom is 0.106 e. The summed E-state index contributed by atoms with van der Waals surface area (Å²) in [7, 11) is 1.76. The summed E-state index contributed by atoms with van der Waals surface area (Å²) in [5, 5.41) is 0.697. The van der Waals surface area contributed by atoms with Gasteiger partial charge >= 0.3 is 0 Å². The second-order valence-electron chi connectivity index (χ2n) is 5.01. The van der Waals surface area contributed by atoms with Gasteiger partial charge in [0, 0.05) is 36.5 Å². The Hall–Kier alpha value is -0.840. The molecule has 5 heteroatoms. The van der Waals surface area contributed by atoms with Crippen molar-refractivity contribution < 1.29 is 4.74 Å². The number of ether oxygens (including phenoxy) is 1. The number of hydrogen-bond donors (Lipinski definition) is 1. The zero-order valence-corrected chi connectivity index (χ0v) is 12.8. The van der Waals surface area contributed by atoms with Crippen LogP contribution in [0.2, 0.25) is 5.02 Å². The molecule has 1 fully saturated rings. The fraction of sp³-hybridized carbons (Fsp3) is 0.500. The van der Waals surface area contributed by atoms with Crippen molar-refractivity contribution in [3.05, 3.63) is 28.8 Å². The van der Waals surface area contributed by atoms with Crippen molar-refractivity contribution in [2.45, 2.75) is 19.4 Å². The number of hydrogen-bond acceptors (Lipinski definition) is 3. The van der Waals surface area contributed by atoms with Crippen molar-refractivity contribution in [1.29, 1.82) is 0 Å². The summed E-state index contributed by atoms with van der Waals surface area (Å²) in [4.78, 5) is 2.66. The van der Waals surface area contributed by atoms with E-state index in [-0.39, 0.29) is 6.10 Å². The van der Waals surface area contributed by atoms with Crippen LogP contribution in [0.15, 0.2) is 18.2 Å². The van der Waals surface area contributed by atoms with E-state index in [1.54, 1.807) is 7.11 Å². The fourth-order valence-corrected chi connectivity index (χ4v) is 2.87. The van der Waals surface area contributed by atoms with Gasteiger partial charge in [-0.25, -0.2) is 0 Å². The van der Waals surface area contributed by atoms with E-state index in [1.165, 1.54) is 0 Å². The number of methoxy groups -OCH3 is 1. The molecule has 3 nitrogen and oxygen atoms in total. The second-order valence-corrected chi connectivity index (χ2v) is 5.89. The van der Waals surface area contributed by atoms with E-state index < -0.39 is 0 Å². The van der Waals surface area contributed by atoms with E-state index in [2.05, 4.69) is 11.8 Å². The van der Waals surface area contributed by atoms with E-state index in [9.17, 15) is 0 Å². The molecule has 0 amide bonds. The van der Waals surface area contributed by atoms with Crippen LogP contribution < -0.4 is 10.6 Å². The number of piperidine rings is 1. The average Bonchev–Trinajstić information content (AvgIpc) is 2.38. The molecule has 0 spiro atoms. The number of nitrogens with two attached hydrogens (primary N) is 1. The third kappa shape index (κ3) is 3.19. The minimum absolute atomic E-state index is 0.229. The standard InChI is InChI=1S/C14H19ClN2OS/c1-9-5-6-17(8-13(9)18-2)12-7-10(15)3-4-11(12)14(16)19/h3-4,7,9,13H,5-6,8H2,1-2H3,(H2,16,19). The topological polar surface area (TPSA) is 38.5 Å². The normalized spacial score (nSPS) is 23.4. The molecular weight excluding hydrogens is 280 g/mol. The van der Waals surface area contributed by atoms with Crippen LogP contribution in [-0.2, 0) is 4.74 Å². The summed E-state index contributed by atoms with van der Waals surface area (Å²) in [5.41, 5.74) is 7.68. The third-order valence-electron chi connectivity index (χ3n) is 3.76. The van der Waals surface area contributed by atoms with Gasteiger partial charge in [-0.05, 0) is 30.5 Å². The van der Waals surface area contributed by atoms with E-state index in [0.717, 1.165) is 30.8 Å². The van der Waals surface area contributed by atoms with Crippen molar-refractivity contribution in [3.63, 3.8) is 0 Å². The van der Waals surface area contributed by atoms with Gasteiger partial charge in [-0.1, -0.05) is 30.7 Å². The highest BCUT2D eigenvalue weighted by Crippen LogP contribution is 2.29. The molecule has 1 aromatic rings. The van der Waals surface area contributed by atoms with Gasteiger partial charge < -0.3 is 15.4 Å². The van der Waals surface area contributed by atoms with Crippen LogP contribution in [0.4, 0.5) is 5.69 Å². The van der Waals surface area contributed by atoms with Crippen molar-refractivity contribution in [1.82, 2.24) is 0 Å². The molecule has 1 aromatic carbocycles. The van der Waals surface area contributed by atoms with Crippen LogP contribution in [-0.4, -0.2) is 31.3 Å². The number of rotatable bonds is 3. The summed E-state index contributed by atoms with van der Waals surface area (Å²) in [5.74, 6) is 0.564. The molecule has 1 aliphatic rings. The van der Waals surface area contributed by atoms with E-state index in [0.29, 0.717) is 15.9 Å². The molecule has 0 bridgehead atoms. The summed E-state index contributed by atoms with van der Waals surface area (Å²) in [6.45, 7) is 4.03. The zero-order valence-electron chi connectivity index (χ0n) is 11.2. The highest BCUT2D eigenvalue weighted by molar-refractivity contribution is 7.80. The molecule has 0 saturated carbocycles. The van der Waals surface area contributed by atoms with Gasteiger partial charge in [-0.3, -0.25) is 0 Å². The minimum atomic E-state index is 0.229. The van der Waals surface area contributed by atoms with Crippen molar-refractivity contribution >= 4 is 34.5 Å². The summed E-state index contributed by atoms with van der Waals surface area (Å²) in [6, 6.07) is 5.64. The zero-order chi connectivity index (χ0) is 14.0. The highest BCUT2D eigenvalue weighted by atomic mass is 35.5. The Morgan fingerprint density at radius 2 is 2.26 bits per heavy atom. The van der Waals surface area contributed by atoms with Crippen LogP contribution in [0.1, 0.15) is 18.9 Å². The third-order valence-corrected chi connectivity index (χ3v) is 4.21. The number of thiocarbonyl (C=S) groups is 1. The summed E-state index contributed by atoms with van der Waals surface area (Å²) in [6.07, 6.45) is 1.31. The lowest BCUT2D eigenvalue weighted by Gasteiger charge is -2.38. The Balaban J connectivity index is 2.31. The maximum absolute atomic E-state index is 6.10. The second kappa shape index (κ2) is 6.07. The Labute approximate surface area is 124 Å². The van der Waals surface area contributed by atoms with Crippen molar-refractivity contribution in [2.75, 3.05) is 25.1 Å². The first-order chi connectivity index (χ1) is 9.02. The molecule has 1 saturated heterocycles. The molecule has 1 heterocycles. The van der Waals surface area contributed by atoms with Gasteiger partial charge in [-0.2, -0.15) is 0 Å². The first-order valence-electron chi connectivity index (χ1n) is 6.40.